The van der Waals surface area contributed by atoms with Crippen LogP contribution < -0.4 is 4.74 Å². The van der Waals surface area contributed by atoms with Crippen LogP contribution in [0, 0.1) is 6.92 Å². The minimum atomic E-state index is -1.36. The molecule has 0 unspecified atom stereocenters. The molecule has 1 heterocycles. The van der Waals surface area contributed by atoms with Crippen molar-refractivity contribution in [1.82, 2.24) is 0 Å². The Labute approximate surface area is 181 Å². The summed E-state index contributed by atoms with van der Waals surface area (Å²) in [6.45, 7) is 4.02. The number of thioether (sulfide) groups is 1. The average Bonchev–Trinajstić information content (AvgIpc) is 2.75. The summed E-state index contributed by atoms with van der Waals surface area (Å²) < 4.78 is 5.49. The summed E-state index contributed by atoms with van der Waals surface area (Å²) in [5, 5.41) is 49.3. The predicted octanol–water partition coefficient (Wildman–Crippen LogP) is 1.71. The van der Waals surface area contributed by atoms with Gasteiger partial charge in [-0.1, -0.05) is 24.3 Å². The maximum absolute atomic E-state index is 10.6. The number of aliphatic hydroxyl groups excluding tert-OH is 5. The molecule has 0 saturated carbocycles. The molecule has 1 fully saturated rings. The van der Waals surface area contributed by atoms with Crippen molar-refractivity contribution >= 4 is 11.8 Å². The Hall–Kier alpha value is -1.61. The molecule has 1 aliphatic heterocycles. The molecule has 6 nitrogen and oxygen atoms in total. The second kappa shape index (κ2) is 10.1. The fourth-order valence-electron chi connectivity index (χ4n) is 3.87. The third kappa shape index (κ3) is 4.82. The summed E-state index contributed by atoms with van der Waals surface area (Å²) in [6, 6.07) is 11.7. The first-order valence-corrected chi connectivity index (χ1v) is 11.1. The number of hydrogen-bond donors (Lipinski definition) is 5. The van der Waals surface area contributed by atoms with Gasteiger partial charge in [0, 0.05) is 0 Å². The molecule has 1 saturated heterocycles. The monoisotopic (exact) mass is 434 g/mol. The minimum Gasteiger partial charge on any atom is -0.494 e. The maximum Gasteiger partial charge on any atom is 0.119 e. The zero-order chi connectivity index (χ0) is 21.8. The highest BCUT2D eigenvalue weighted by molar-refractivity contribution is 8.00. The molecule has 0 aliphatic carbocycles. The van der Waals surface area contributed by atoms with Gasteiger partial charge in [0.15, 0.2) is 0 Å². The fourth-order valence-corrected chi connectivity index (χ4v) is 5.35. The van der Waals surface area contributed by atoms with Crippen LogP contribution in [0.25, 0.3) is 0 Å². The average molecular weight is 435 g/mol. The van der Waals surface area contributed by atoms with Gasteiger partial charge < -0.3 is 30.3 Å². The van der Waals surface area contributed by atoms with Crippen molar-refractivity contribution < 1.29 is 30.3 Å². The van der Waals surface area contributed by atoms with Crippen molar-refractivity contribution in [2.24, 2.45) is 0 Å². The molecule has 5 atom stereocenters. The van der Waals surface area contributed by atoms with Gasteiger partial charge in [-0.05, 0) is 60.2 Å². The molecular weight excluding hydrogens is 404 g/mol. The van der Waals surface area contributed by atoms with Gasteiger partial charge in [0.1, 0.15) is 11.9 Å². The first kappa shape index (κ1) is 23.1. The minimum absolute atomic E-state index is 0.203. The van der Waals surface area contributed by atoms with Gasteiger partial charge >= 0.3 is 0 Å². The van der Waals surface area contributed by atoms with Gasteiger partial charge in [-0.25, -0.2) is 0 Å². The Balaban J connectivity index is 1.93. The van der Waals surface area contributed by atoms with Crippen molar-refractivity contribution in [3.05, 3.63) is 64.2 Å². The van der Waals surface area contributed by atoms with E-state index in [0.29, 0.717) is 24.2 Å². The van der Waals surface area contributed by atoms with E-state index in [4.69, 9.17) is 4.74 Å². The first-order chi connectivity index (χ1) is 14.4. The summed E-state index contributed by atoms with van der Waals surface area (Å²) in [5.74, 6) is 0.818. The first-order valence-electron chi connectivity index (χ1n) is 10.1. The molecular formula is C23H30O6S. The van der Waals surface area contributed by atoms with E-state index in [2.05, 4.69) is 0 Å². The van der Waals surface area contributed by atoms with Crippen LogP contribution in [0.1, 0.15) is 40.0 Å². The number of aliphatic hydroxyl groups is 5. The number of benzene rings is 2. The predicted molar refractivity (Wildman–Crippen MR) is 117 cm³/mol. The topological polar surface area (TPSA) is 110 Å². The van der Waals surface area contributed by atoms with Gasteiger partial charge in [0.2, 0.25) is 0 Å². The molecule has 7 heteroatoms. The molecule has 3 rings (SSSR count). The normalized spacial score (nSPS) is 26.6. The largest absolute Gasteiger partial charge is 0.494 e. The summed E-state index contributed by atoms with van der Waals surface area (Å²) in [7, 11) is 0. The van der Waals surface area contributed by atoms with E-state index in [9.17, 15) is 25.5 Å². The lowest BCUT2D eigenvalue weighted by Gasteiger charge is -2.40. The Bertz CT molecular complexity index is 838. The van der Waals surface area contributed by atoms with Crippen LogP contribution in [0.2, 0.25) is 0 Å². The molecule has 30 heavy (non-hydrogen) atoms. The number of hydrogen-bond acceptors (Lipinski definition) is 7. The summed E-state index contributed by atoms with van der Waals surface area (Å²) in [6.07, 6.45) is -3.12. The third-order valence-corrected chi connectivity index (χ3v) is 7.20. The smallest absolute Gasteiger partial charge is 0.119 e. The van der Waals surface area contributed by atoms with Crippen LogP contribution in [0.3, 0.4) is 0 Å². The Morgan fingerprint density at radius 2 is 1.63 bits per heavy atom. The van der Waals surface area contributed by atoms with Crippen molar-refractivity contribution in [1.29, 1.82) is 0 Å². The van der Waals surface area contributed by atoms with Crippen LogP contribution >= 0.6 is 11.8 Å². The maximum atomic E-state index is 10.6. The highest BCUT2D eigenvalue weighted by Crippen LogP contribution is 2.44. The van der Waals surface area contributed by atoms with Gasteiger partial charge in [0.25, 0.3) is 0 Å². The van der Waals surface area contributed by atoms with E-state index in [1.807, 2.05) is 50.2 Å². The highest BCUT2D eigenvalue weighted by atomic mass is 32.2. The van der Waals surface area contributed by atoms with Crippen LogP contribution in [-0.2, 0) is 13.0 Å². The lowest BCUT2D eigenvalue weighted by molar-refractivity contribution is -0.0701. The molecule has 1 aliphatic rings. The van der Waals surface area contributed by atoms with Gasteiger partial charge in [-0.2, -0.15) is 0 Å². The van der Waals surface area contributed by atoms with Crippen molar-refractivity contribution in [3.8, 4) is 5.75 Å². The van der Waals surface area contributed by atoms with Crippen LogP contribution in [0.5, 0.6) is 5.75 Å². The summed E-state index contributed by atoms with van der Waals surface area (Å²) >= 11 is 1.22. The quantitative estimate of drug-likeness (QED) is 0.451. The molecule has 2 aromatic carbocycles. The fraction of sp³-hybridized carbons (Fsp3) is 0.478. The molecule has 0 bridgehead atoms. The Morgan fingerprint density at radius 3 is 2.23 bits per heavy atom. The van der Waals surface area contributed by atoms with Crippen molar-refractivity contribution in [2.75, 3.05) is 13.2 Å². The van der Waals surface area contributed by atoms with Gasteiger partial charge in [-0.15, -0.1) is 11.8 Å². The molecule has 0 aromatic heterocycles. The second-order valence-electron chi connectivity index (χ2n) is 7.64. The molecule has 0 amide bonds. The molecule has 0 radical (unpaired) electrons. The molecule has 164 valence electrons. The summed E-state index contributed by atoms with van der Waals surface area (Å²) in [4.78, 5) is 0. The summed E-state index contributed by atoms with van der Waals surface area (Å²) in [5.41, 5.74) is 4.54. The standard InChI is InChI=1S/C23H30O6S/c1-3-29-17-6-4-14(5-7-17)9-15-10-18(16(11-24)8-13(15)2)23-22(28)21(27)20(26)19(12-25)30-23/h4-8,10,19-28H,3,9,11-12H2,1-2H3/t19-,20-,21+,22-,23+/m1/s1. The van der Waals surface area contributed by atoms with Crippen LogP contribution in [-0.4, -0.2) is 62.3 Å². The van der Waals surface area contributed by atoms with E-state index >= 15 is 0 Å². The van der Waals surface area contributed by atoms with E-state index < -0.39 is 28.8 Å². The lowest BCUT2D eigenvalue weighted by Crippen LogP contribution is -2.51. The molecule has 5 N–H and O–H groups in total. The van der Waals surface area contributed by atoms with Gasteiger partial charge in [-0.3, -0.25) is 0 Å². The number of aryl methyl sites for hydroxylation is 1. The SMILES string of the molecule is CCOc1ccc(Cc2cc([C@@H]3S[C@H](CO)[C@@H](O)[C@H](O)[C@H]3O)c(CO)cc2C)cc1. The van der Waals surface area contributed by atoms with E-state index in [-0.39, 0.29) is 13.2 Å². The Morgan fingerprint density at radius 1 is 0.933 bits per heavy atom. The molecule has 2 aromatic rings. The van der Waals surface area contributed by atoms with Crippen LogP contribution in [0.4, 0.5) is 0 Å². The van der Waals surface area contributed by atoms with E-state index in [1.165, 1.54) is 11.8 Å². The zero-order valence-corrected chi connectivity index (χ0v) is 18.0. The second-order valence-corrected chi connectivity index (χ2v) is 9.02. The van der Waals surface area contributed by atoms with E-state index in [1.54, 1.807) is 0 Å². The van der Waals surface area contributed by atoms with Crippen molar-refractivity contribution in [3.63, 3.8) is 0 Å². The molecule has 0 spiro atoms. The lowest BCUT2D eigenvalue weighted by atomic mass is 9.90. The number of rotatable bonds is 7. The number of ether oxygens (including phenoxy) is 1. The zero-order valence-electron chi connectivity index (χ0n) is 17.2. The van der Waals surface area contributed by atoms with Crippen LogP contribution in [0.15, 0.2) is 36.4 Å². The Kier molecular flexibility index (Phi) is 7.79. The van der Waals surface area contributed by atoms with Gasteiger partial charge in [0.05, 0.1) is 42.5 Å². The van der Waals surface area contributed by atoms with Crippen molar-refractivity contribution in [2.45, 2.75) is 55.7 Å². The van der Waals surface area contributed by atoms with E-state index in [0.717, 1.165) is 22.4 Å². The highest BCUT2D eigenvalue weighted by Gasteiger charge is 2.44. The third-order valence-electron chi connectivity index (χ3n) is 5.60.